The number of nitrogens with zero attached hydrogens (tertiary/aromatic N) is 6. The summed E-state index contributed by atoms with van der Waals surface area (Å²) in [6.07, 6.45) is 7.50. The number of piperidine rings is 2. The molecule has 4 fully saturated rings. The summed E-state index contributed by atoms with van der Waals surface area (Å²) >= 11 is 0. The lowest BCUT2D eigenvalue weighted by molar-refractivity contribution is -0.384. The molecule has 3 aliphatic heterocycles. The van der Waals surface area contributed by atoms with Gasteiger partial charge < -0.3 is 25.8 Å². The van der Waals surface area contributed by atoms with Gasteiger partial charge in [-0.15, -0.1) is 0 Å². The number of pyridine rings is 1. The number of sulfone groups is 1. The first-order valence-corrected chi connectivity index (χ1v) is 22.3. The Bertz CT molecular complexity index is 2180. The monoisotopic (exact) mass is 832 g/mol. The first-order chi connectivity index (χ1) is 28.0. The fourth-order valence-electron chi connectivity index (χ4n) is 9.84. The van der Waals surface area contributed by atoms with Crippen molar-refractivity contribution in [3.8, 4) is 0 Å². The fourth-order valence-corrected chi connectivity index (χ4v) is 11.5. The molecule has 1 saturated carbocycles. The van der Waals surface area contributed by atoms with Crippen LogP contribution < -0.4 is 16.0 Å². The van der Waals surface area contributed by atoms with Crippen molar-refractivity contribution in [1.29, 1.82) is 0 Å². The number of anilines is 2. The number of likely N-dealkylation sites (N-methyl/N-ethyl adjacent to an activating group) is 1. The second-order valence-electron chi connectivity index (χ2n) is 17.7. The number of carbonyl (C=O) groups is 2. The highest BCUT2D eigenvalue weighted by Crippen LogP contribution is 2.54. The molecule has 0 bridgehead atoms. The van der Waals surface area contributed by atoms with Crippen molar-refractivity contribution in [1.82, 2.24) is 19.7 Å². The van der Waals surface area contributed by atoms with E-state index < -0.39 is 48.4 Å². The van der Waals surface area contributed by atoms with Gasteiger partial charge in [0.15, 0.2) is 0 Å². The first-order valence-electron chi connectivity index (χ1n) is 20.8. The van der Waals surface area contributed by atoms with Gasteiger partial charge in [0.1, 0.15) is 22.1 Å². The number of hydrogen-bond acceptors (Lipinski definition) is 11. The van der Waals surface area contributed by atoms with E-state index in [-0.39, 0.29) is 55.0 Å². The van der Waals surface area contributed by atoms with Gasteiger partial charge in [-0.1, -0.05) is 44.2 Å². The lowest BCUT2D eigenvalue weighted by Crippen LogP contribution is -2.55. The molecule has 3 saturated heterocycles. The van der Waals surface area contributed by atoms with Gasteiger partial charge in [0, 0.05) is 76.0 Å². The summed E-state index contributed by atoms with van der Waals surface area (Å²) in [6, 6.07) is 14.7. The van der Waals surface area contributed by atoms with Gasteiger partial charge in [-0.05, 0) is 87.7 Å². The number of alkyl halides is 1. The molecule has 7 rings (SSSR count). The highest BCUT2D eigenvalue weighted by molar-refractivity contribution is 7.91. The minimum Gasteiger partial charge on any atom is -0.375 e. The van der Waals surface area contributed by atoms with Crippen LogP contribution in [0.5, 0.6) is 0 Å². The molecule has 318 valence electrons. The number of primary amides is 1. The minimum atomic E-state index is -4.66. The van der Waals surface area contributed by atoms with Crippen LogP contribution in [0.25, 0.3) is 0 Å². The molecule has 59 heavy (non-hydrogen) atoms. The van der Waals surface area contributed by atoms with E-state index >= 15 is 4.39 Å². The maximum Gasteiger partial charge on any atom is 0.293 e. The number of amides is 2. The maximum atomic E-state index is 16.2. The molecule has 3 N–H and O–H groups in total. The van der Waals surface area contributed by atoms with Gasteiger partial charge in [-0.3, -0.25) is 24.6 Å². The van der Waals surface area contributed by atoms with Crippen molar-refractivity contribution in [3.63, 3.8) is 0 Å². The Labute approximate surface area is 346 Å². The Kier molecular flexibility index (Phi) is 12.1. The summed E-state index contributed by atoms with van der Waals surface area (Å²) in [5.74, 6) is -0.320. The molecule has 4 aliphatic rings. The molecular weight excluding hydrogens is 776 g/mol. The second kappa shape index (κ2) is 16.8. The summed E-state index contributed by atoms with van der Waals surface area (Å²) in [5, 5.41) is 15.0. The molecule has 1 spiro atoms. The minimum absolute atomic E-state index is 0.0369. The van der Waals surface area contributed by atoms with Crippen molar-refractivity contribution in [2.24, 2.45) is 11.1 Å². The van der Waals surface area contributed by atoms with Crippen molar-refractivity contribution >= 4 is 38.8 Å². The van der Waals surface area contributed by atoms with Crippen molar-refractivity contribution in [2.45, 2.75) is 98.7 Å². The van der Waals surface area contributed by atoms with E-state index in [0.29, 0.717) is 36.9 Å². The summed E-state index contributed by atoms with van der Waals surface area (Å²) in [4.78, 5) is 48.4. The van der Waals surface area contributed by atoms with Crippen LogP contribution in [-0.4, -0.2) is 116 Å². The number of halogens is 1. The number of nitro benzene ring substituents is 1. The van der Waals surface area contributed by atoms with E-state index in [1.54, 1.807) is 23.9 Å². The zero-order valence-electron chi connectivity index (χ0n) is 34.5. The molecule has 2 amide bonds. The first kappa shape index (κ1) is 42.5. The second-order valence-corrected chi connectivity index (χ2v) is 19.6. The van der Waals surface area contributed by atoms with Crippen LogP contribution in [0.15, 0.2) is 64.5 Å². The SMILES string of the molecule is CC(C)c1ccccc1C1CCCN1C1CC2(CCN(c3cc(S(=O)(=O)c4cccc([N+](=O)[O-])c4NCC4(F)CCN(C(=O)CN(C)C)CC4)c(C(N)=O)cn3)CC2)C1. The Morgan fingerprint density at radius 1 is 1.02 bits per heavy atom. The quantitative estimate of drug-likeness (QED) is 0.154. The average Bonchev–Trinajstić information content (AvgIpc) is 3.68. The molecule has 1 aliphatic carbocycles. The normalized spacial score (nSPS) is 20.9. The summed E-state index contributed by atoms with van der Waals surface area (Å²) in [7, 11) is -1.12. The van der Waals surface area contributed by atoms with E-state index in [0.717, 1.165) is 44.5 Å². The number of para-hydroxylation sites is 1. The molecule has 4 heterocycles. The molecule has 14 nitrogen and oxygen atoms in total. The fraction of sp³-hybridized carbons (Fsp3) is 0.558. The molecule has 3 aromatic rings. The smallest absolute Gasteiger partial charge is 0.293 e. The highest BCUT2D eigenvalue weighted by atomic mass is 32.2. The third-order valence-corrected chi connectivity index (χ3v) is 15.0. The van der Waals surface area contributed by atoms with Gasteiger partial charge in [0.25, 0.3) is 11.6 Å². The molecular formula is C43H57FN8O6S. The molecule has 16 heteroatoms. The van der Waals surface area contributed by atoms with Crippen LogP contribution >= 0.6 is 0 Å². The third kappa shape index (κ3) is 8.67. The van der Waals surface area contributed by atoms with E-state index in [2.05, 4.69) is 53.3 Å². The molecule has 0 radical (unpaired) electrons. The maximum absolute atomic E-state index is 16.2. The Morgan fingerprint density at radius 3 is 2.36 bits per heavy atom. The van der Waals surface area contributed by atoms with Crippen molar-refractivity contribution in [2.75, 3.05) is 70.1 Å². The number of hydrogen-bond donors (Lipinski definition) is 2. The van der Waals surface area contributed by atoms with Gasteiger partial charge >= 0.3 is 0 Å². The van der Waals surface area contributed by atoms with E-state index in [1.165, 1.54) is 42.2 Å². The predicted molar refractivity (Wildman–Crippen MR) is 224 cm³/mol. The molecule has 2 aromatic carbocycles. The predicted octanol–water partition coefficient (Wildman–Crippen LogP) is 5.94. The molecule has 1 unspecified atom stereocenters. The number of likely N-dealkylation sites (tertiary alicyclic amines) is 2. The van der Waals surface area contributed by atoms with Crippen LogP contribution in [0, 0.1) is 15.5 Å². The van der Waals surface area contributed by atoms with Gasteiger partial charge in [0.2, 0.25) is 15.7 Å². The Hall–Kier alpha value is -4.67. The topological polar surface area (TPSA) is 175 Å². The number of nitrogens with two attached hydrogens (primary N) is 1. The highest BCUT2D eigenvalue weighted by Gasteiger charge is 2.50. The van der Waals surface area contributed by atoms with E-state index in [1.807, 2.05) is 4.90 Å². The number of nitrogens with one attached hydrogen (secondary N) is 1. The summed E-state index contributed by atoms with van der Waals surface area (Å²) in [6.45, 7) is 6.98. The third-order valence-electron chi connectivity index (χ3n) is 13.2. The van der Waals surface area contributed by atoms with Gasteiger partial charge in [-0.2, -0.15) is 0 Å². The summed E-state index contributed by atoms with van der Waals surface area (Å²) in [5.41, 5.74) is 5.61. The van der Waals surface area contributed by atoms with Gasteiger partial charge in [0.05, 0.1) is 21.9 Å². The number of nitro groups is 1. The molecule has 1 atom stereocenters. The number of carbonyl (C=O) groups excluding carboxylic acids is 2. The van der Waals surface area contributed by atoms with Crippen LogP contribution in [0.3, 0.4) is 0 Å². The average molecular weight is 833 g/mol. The lowest BCUT2D eigenvalue weighted by atomic mass is 9.60. The molecule has 1 aromatic heterocycles. The van der Waals surface area contributed by atoms with Crippen LogP contribution in [-0.2, 0) is 14.6 Å². The van der Waals surface area contributed by atoms with Crippen LogP contribution in [0.4, 0.5) is 21.6 Å². The van der Waals surface area contributed by atoms with Gasteiger partial charge in [-0.25, -0.2) is 17.8 Å². The lowest BCUT2D eigenvalue weighted by Gasteiger charge is -2.56. The van der Waals surface area contributed by atoms with Crippen molar-refractivity contribution < 1.29 is 27.3 Å². The standard InChI is InChI=1S/C43H57FN8O6S/c1-29(2)31-9-5-6-10-32(31)34-12-8-18-51(34)30-24-42(25-30)14-19-49(20-15-42)38-23-37(33(26-46-38)41(45)54)59(57,58)36-13-7-11-35(52(55)56)40(36)47-28-43(44)16-21-50(22-17-43)39(53)27-48(3)4/h5-7,9-11,13,23,26,29-30,34,47H,8,12,14-22,24-25,27-28H2,1-4H3,(H2,45,54). The number of aromatic nitrogens is 1. The zero-order chi connectivity index (χ0) is 42.3. The van der Waals surface area contributed by atoms with E-state index in [9.17, 15) is 28.1 Å². The van der Waals surface area contributed by atoms with Crippen molar-refractivity contribution in [3.05, 3.63) is 81.5 Å². The zero-order valence-corrected chi connectivity index (χ0v) is 35.3. The Morgan fingerprint density at radius 2 is 1.71 bits per heavy atom. The summed E-state index contributed by atoms with van der Waals surface area (Å²) < 4.78 is 45.3. The Balaban J connectivity index is 1.07. The largest absolute Gasteiger partial charge is 0.375 e. The number of benzene rings is 2. The van der Waals surface area contributed by atoms with Crippen LogP contribution in [0.1, 0.15) is 98.7 Å². The van der Waals surface area contributed by atoms with E-state index in [4.69, 9.17) is 5.73 Å². The van der Waals surface area contributed by atoms with Crippen LogP contribution in [0.2, 0.25) is 0 Å². The number of rotatable bonds is 13.